The molecular weight excluding hydrogens is 370 g/mol. The number of nitrogens with zero attached hydrogens (tertiary/aromatic N) is 4. The number of amides is 2. The Morgan fingerprint density at radius 2 is 2.18 bits per heavy atom. The maximum absolute atomic E-state index is 12.3. The predicted molar refractivity (Wildman–Crippen MR) is 94.9 cm³/mol. The second-order valence-corrected chi connectivity index (χ2v) is 6.21. The molecule has 1 fully saturated rings. The number of H-pyrrole nitrogens is 1. The molecule has 152 valence electrons. The molecule has 3 rings (SSSR count). The monoisotopic (exact) mass is 393 g/mol. The molecule has 0 aromatic carbocycles. The van der Waals surface area contributed by atoms with E-state index in [4.69, 9.17) is 9.90 Å². The van der Waals surface area contributed by atoms with Gasteiger partial charge in [0, 0.05) is 24.9 Å². The lowest BCUT2D eigenvalue weighted by Crippen LogP contribution is -2.49. The lowest BCUT2D eigenvalue weighted by atomic mass is 9.83. The molecule has 1 saturated carbocycles. The lowest BCUT2D eigenvalue weighted by Gasteiger charge is -2.33. The van der Waals surface area contributed by atoms with E-state index in [1.54, 1.807) is 17.1 Å². The van der Waals surface area contributed by atoms with Crippen LogP contribution in [-0.4, -0.2) is 72.4 Å². The number of hydrogen-bond donors (Lipinski definition) is 5. The first-order valence-corrected chi connectivity index (χ1v) is 8.72. The molecule has 1 aliphatic carbocycles. The average molecular weight is 393 g/mol. The maximum atomic E-state index is 12.3. The first-order valence-electron chi connectivity index (χ1n) is 8.72. The standard InChI is InChI=1S/C15H21N7O3.CH2O2/c23-13-2-1-10(14(24)16-3-5-22-6-4-17-21-22)7-12(13)20-15(25)11-8-18-19-9-11;2-1-3/h4,6,8-10,12-13,23H,1-3,5,7H2,(H,16,24)(H,18,19)(H,20,25);1H,(H,2,3)/t10-,12+,13+;/m0./s1. The predicted octanol–water partition coefficient (Wildman–Crippen LogP) is -1.22. The van der Waals surface area contributed by atoms with Crippen molar-refractivity contribution in [1.29, 1.82) is 0 Å². The summed E-state index contributed by atoms with van der Waals surface area (Å²) in [4.78, 5) is 32.8. The van der Waals surface area contributed by atoms with E-state index in [2.05, 4.69) is 31.1 Å². The van der Waals surface area contributed by atoms with E-state index in [-0.39, 0.29) is 24.2 Å². The highest BCUT2D eigenvalue weighted by Gasteiger charge is 2.33. The largest absolute Gasteiger partial charge is 0.483 e. The molecular formula is C16H23N7O5. The number of carbonyl (C=O) groups excluding carboxylic acids is 2. The average Bonchev–Trinajstić information content (AvgIpc) is 3.38. The minimum Gasteiger partial charge on any atom is -0.483 e. The molecule has 5 N–H and O–H groups in total. The molecule has 2 amide bonds. The zero-order chi connectivity index (χ0) is 20.4. The summed E-state index contributed by atoms with van der Waals surface area (Å²) >= 11 is 0. The van der Waals surface area contributed by atoms with Crippen LogP contribution in [0.4, 0.5) is 0 Å². The molecule has 12 nitrogen and oxygen atoms in total. The minimum absolute atomic E-state index is 0.0745. The summed E-state index contributed by atoms with van der Waals surface area (Å²) in [5.41, 5.74) is 0.395. The van der Waals surface area contributed by atoms with Crippen LogP contribution in [0, 0.1) is 5.92 Å². The number of aliphatic hydroxyl groups excluding tert-OH is 1. The summed E-state index contributed by atoms with van der Waals surface area (Å²) in [6.07, 6.45) is 7.02. The van der Waals surface area contributed by atoms with Crippen LogP contribution in [0.3, 0.4) is 0 Å². The van der Waals surface area contributed by atoms with Crippen LogP contribution in [-0.2, 0) is 16.1 Å². The first kappa shape index (κ1) is 21.0. The number of aromatic nitrogens is 5. The van der Waals surface area contributed by atoms with Crippen LogP contribution >= 0.6 is 0 Å². The van der Waals surface area contributed by atoms with Gasteiger partial charge in [0.15, 0.2) is 0 Å². The van der Waals surface area contributed by atoms with Crippen molar-refractivity contribution in [2.75, 3.05) is 6.54 Å². The Labute approximate surface area is 160 Å². The molecule has 2 aromatic rings. The van der Waals surface area contributed by atoms with Crippen LogP contribution in [0.15, 0.2) is 24.8 Å². The highest BCUT2D eigenvalue weighted by molar-refractivity contribution is 5.93. The summed E-state index contributed by atoms with van der Waals surface area (Å²) in [5.74, 6) is -0.631. The van der Waals surface area contributed by atoms with Gasteiger partial charge in [-0.25, -0.2) is 0 Å². The fraction of sp³-hybridized carbons (Fsp3) is 0.500. The van der Waals surface area contributed by atoms with Crippen LogP contribution in [0.2, 0.25) is 0 Å². The van der Waals surface area contributed by atoms with Gasteiger partial charge in [0.2, 0.25) is 5.91 Å². The number of aromatic amines is 1. The third-order valence-electron chi connectivity index (χ3n) is 4.37. The first-order chi connectivity index (χ1) is 13.5. The summed E-state index contributed by atoms with van der Waals surface area (Å²) in [6, 6.07) is -0.456. The molecule has 0 radical (unpaired) electrons. The van der Waals surface area contributed by atoms with Crippen molar-refractivity contribution in [3.8, 4) is 0 Å². The second-order valence-electron chi connectivity index (χ2n) is 6.21. The van der Waals surface area contributed by atoms with E-state index in [0.717, 1.165) is 0 Å². The van der Waals surface area contributed by atoms with Crippen molar-refractivity contribution in [3.05, 3.63) is 30.4 Å². The van der Waals surface area contributed by atoms with E-state index in [9.17, 15) is 14.7 Å². The molecule has 0 saturated heterocycles. The van der Waals surface area contributed by atoms with Crippen molar-refractivity contribution in [2.24, 2.45) is 5.92 Å². The van der Waals surface area contributed by atoms with Gasteiger partial charge in [-0.1, -0.05) is 5.21 Å². The maximum Gasteiger partial charge on any atom is 0.290 e. The van der Waals surface area contributed by atoms with Gasteiger partial charge in [0.1, 0.15) is 0 Å². The number of carbonyl (C=O) groups is 3. The van der Waals surface area contributed by atoms with Crippen molar-refractivity contribution < 1.29 is 24.6 Å². The van der Waals surface area contributed by atoms with Crippen LogP contribution in [0.5, 0.6) is 0 Å². The molecule has 1 aliphatic rings. The highest BCUT2D eigenvalue weighted by atomic mass is 16.3. The van der Waals surface area contributed by atoms with Crippen molar-refractivity contribution in [2.45, 2.75) is 38.0 Å². The molecule has 0 bridgehead atoms. The summed E-state index contributed by atoms with van der Waals surface area (Å²) in [6.45, 7) is 0.745. The van der Waals surface area contributed by atoms with E-state index in [1.165, 1.54) is 12.4 Å². The minimum atomic E-state index is -0.657. The van der Waals surface area contributed by atoms with Gasteiger partial charge in [0.05, 0.1) is 36.6 Å². The van der Waals surface area contributed by atoms with Crippen LogP contribution in [0.25, 0.3) is 0 Å². The molecule has 3 atom stereocenters. The highest BCUT2D eigenvalue weighted by Crippen LogP contribution is 2.25. The second kappa shape index (κ2) is 10.8. The van der Waals surface area contributed by atoms with Gasteiger partial charge in [-0.2, -0.15) is 5.10 Å². The van der Waals surface area contributed by atoms with Crippen LogP contribution in [0.1, 0.15) is 29.6 Å². The molecule has 2 heterocycles. The Morgan fingerprint density at radius 3 is 2.82 bits per heavy atom. The van der Waals surface area contributed by atoms with E-state index in [0.29, 0.717) is 37.9 Å². The van der Waals surface area contributed by atoms with Gasteiger partial charge >= 0.3 is 0 Å². The Morgan fingerprint density at radius 1 is 1.39 bits per heavy atom. The smallest absolute Gasteiger partial charge is 0.290 e. The van der Waals surface area contributed by atoms with Crippen molar-refractivity contribution in [3.63, 3.8) is 0 Å². The van der Waals surface area contributed by atoms with E-state index < -0.39 is 12.1 Å². The molecule has 0 aliphatic heterocycles. The topological polar surface area (TPSA) is 175 Å². The number of aliphatic hydroxyl groups is 1. The fourth-order valence-electron chi connectivity index (χ4n) is 2.96. The van der Waals surface area contributed by atoms with Crippen molar-refractivity contribution >= 4 is 18.3 Å². The fourth-order valence-corrected chi connectivity index (χ4v) is 2.96. The molecule has 28 heavy (non-hydrogen) atoms. The van der Waals surface area contributed by atoms with Gasteiger partial charge in [-0.15, -0.1) is 5.10 Å². The number of carboxylic acid groups (broad SMARTS) is 1. The summed E-state index contributed by atoms with van der Waals surface area (Å²) in [7, 11) is 0. The van der Waals surface area contributed by atoms with Crippen molar-refractivity contribution in [1.82, 2.24) is 35.8 Å². The Hall–Kier alpha value is -3.28. The summed E-state index contributed by atoms with van der Waals surface area (Å²) in [5, 5.41) is 36.5. The molecule has 0 spiro atoms. The number of nitrogens with one attached hydrogen (secondary N) is 3. The normalized spacial score (nSPS) is 21.1. The Balaban J connectivity index is 0.000000878. The van der Waals surface area contributed by atoms with Gasteiger partial charge in [0.25, 0.3) is 12.4 Å². The third kappa shape index (κ3) is 6.16. The van der Waals surface area contributed by atoms with Gasteiger partial charge in [-0.05, 0) is 19.3 Å². The number of hydrogen-bond acceptors (Lipinski definition) is 7. The molecule has 2 aromatic heterocycles. The van der Waals surface area contributed by atoms with E-state index >= 15 is 0 Å². The Kier molecular flexibility index (Phi) is 8.09. The quantitative estimate of drug-likeness (QED) is 0.379. The summed E-state index contributed by atoms with van der Waals surface area (Å²) < 4.78 is 1.64. The SMILES string of the molecule is O=C(N[C@@H]1C[C@@H](C(=O)NCCn2ccnn2)CC[C@H]1O)c1cn[nH]c1.O=CO. The molecule has 0 unspecified atom stereocenters. The molecule has 12 heteroatoms. The third-order valence-corrected chi connectivity index (χ3v) is 4.37. The zero-order valence-corrected chi connectivity index (χ0v) is 15.1. The number of rotatable bonds is 6. The van der Waals surface area contributed by atoms with Gasteiger partial charge in [-0.3, -0.25) is 24.2 Å². The Bertz CT molecular complexity index is 735. The van der Waals surface area contributed by atoms with Crippen LogP contribution < -0.4 is 10.6 Å². The zero-order valence-electron chi connectivity index (χ0n) is 15.1. The van der Waals surface area contributed by atoms with E-state index in [1.807, 2.05) is 0 Å². The lowest BCUT2D eigenvalue weighted by molar-refractivity contribution is -0.127. The van der Waals surface area contributed by atoms with Gasteiger partial charge < -0.3 is 20.8 Å².